The molecule has 0 amide bonds. The summed E-state index contributed by atoms with van der Waals surface area (Å²) in [4.78, 5) is 28.3. The summed E-state index contributed by atoms with van der Waals surface area (Å²) in [6.07, 6.45) is 6.22. The lowest BCUT2D eigenvalue weighted by Crippen LogP contribution is -2.16. The highest BCUT2D eigenvalue weighted by Crippen LogP contribution is 2.42. The molecule has 0 fully saturated rings. The maximum Gasteiger partial charge on any atom is 0.335 e. The number of benzene rings is 1. The van der Waals surface area contributed by atoms with Gasteiger partial charge in [0.05, 0.1) is 17.6 Å². The Morgan fingerprint density at radius 3 is 2.57 bits per heavy atom. The van der Waals surface area contributed by atoms with Crippen molar-refractivity contribution in [3.8, 4) is 5.69 Å². The standard InChI is InChI=1S/C23H24N2O4S/c1-4-14(2)20(16-7-5-6-8-17(16)23(28)29)18-12-30-19(11-15(3)22(26)27)21(18)25-10-9-24-13-25/h5-10,12-14,20H,3-4,11H2,1-2H3,(H,26,27)(H,28,29). The average Bonchev–Trinajstić information content (AvgIpc) is 3.38. The first-order valence-electron chi connectivity index (χ1n) is 9.67. The molecule has 0 saturated carbocycles. The Morgan fingerprint density at radius 1 is 1.23 bits per heavy atom. The van der Waals surface area contributed by atoms with E-state index in [-0.39, 0.29) is 29.4 Å². The lowest BCUT2D eigenvalue weighted by Gasteiger charge is -2.26. The number of aromatic carboxylic acids is 1. The van der Waals surface area contributed by atoms with Crippen LogP contribution >= 0.6 is 11.3 Å². The van der Waals surface area contributed by atoms with E-state index in [0.717, 1.165) is 28.1 Å². The molecule has 0 saturated heterocycles. The van der Waals surface area contributed by atoms with Gasteiger partial charge in [0.25, 0.3) is 0 Å². The van der Waals surface area contributed by atoms with Crippen molar-refractivity contribution in [3.63, 3.8) is 0 Å². The Morgan fingerprint density at radius 2 is 1.97 bits per heavy atom. The Bertz CT molecular complexity index is 1070. The molecule has 30 heavy (non-hydrogen) atoms. The van der Waals surface area contributed by atoms with Gasteiger partial charge in [-0.05, 0) is 28.5 Å². The highest BCUT2D eigenvalue weighted by molar-refractivity contribution is 7.10. The van der Waals surface area contributed by atoms with Gasteiger partial charge in [0.1, 0.15) is 0 Å². The zero-order valence-electron chi connectivity index (χ0n) is 16.9. The first-order valence-corrected chi connectivity index (χ1v) is 10.5. The summed E-state index contributed by atoms with van der Waals surface area (Å²) in [6, 6.07) is 7.08. The molecule has 2 unspecified atom stereocenters. The van der Waals surface area contributed by atoms with Crippen molar-refractivity contribution in [1.82, 2.24) is 9.55 Å². The van der Waals surface area contributed by atoms with Gasteiger partial charge in [-0.1, -0.05) is 45.0 Å². The smallest absolute Gasteiger partial charge is 0.335 e. The molecular weight excluding hydrogens is 400 g/mol. The molecule has 0 radical (unpaired) electrons. The zero-order chi connectivity index (χ0) is 21.8. The summed E-state index contributed by atoms with van der Waals surface area (Å²) in [5, 5.41) is 21.1. The number of hydrogen-bond donors (Lipinski definition) is 2. The molecule has 7 heteroatoms. The van der Waals surface area contributed by atoms with Crippen molar-refractivity contribution in [2.24, 2.45) is 5.92 Å². The van der Waals surface area contributed by atoms with Crippen LogP contribution in [0.4, 0.5) is 0 Å². The number of aromatic nitrogens is 2. The van der Waals surface area contributed by atoms with Gasteiger partial charge in [0.15, 0.2) is 0 Å². The van der Waals surface area contributed by atoms with Crippen molar-refractivity contribution in [3.05, 3.63) is 82.1 Å². The largest absolute Gasteiger partial charge is 0.478 e. The van der Waals surface area contributed by atoms with E-state index < -0.39 is 11.9 Å². The summed E-state index contributed by atoms with van der Waals surface area (Å²) < 4.78 is 1.87. The van der Waals surface area contributed by atoms with Crippen LogP contribution in [0.5, 0.6) is 0 Å². The fraction of sp³-hybridized carbons (Fsp3) is 0.261. The minimum atomic E-state index is -1.03. The van der Waals surface area contributed by atoms with Crippen LogP contribution in [0.3, 0.4) is 0 Å². The first-order chi connectivity index (χ1) is 14.3. The Kier molecular flexibility index (Phi) is 6.52. The van der Waals surface area contributed by atoms with Gasteiger partial charge >= 0.3 is 11.9 Å². The SMILES string of the molecule is C=C(Cc1scc(C(c2ccccc2C(=O)O)C(C)CC)c1-n1ccnc1)C(=O)O. The van der Waals surface area contributed by atoms with Gasteiger partial charge in [0, 0.05) is 35.2 Å². The molecule has 0 aliphatic rings. The number of aliphatic carboxylic acids is 1. The van der Waals surface area contributed by atoms with Crippen LogP contribution in [-0.2, 0) is 11.2 Å². The number of thiophene rings is 1. The Labute approximate surface area is 179 Å². The molecule has 2 aromatic heterocycles. The van der Waals surface area contributed by atoms with Crippen LogP contribution in [0.2, 0.25) is 0 Å². The number of imidazole rings is 1. The summed E-state index contributed by atoms with van der Waals surface area (Å²) in [5.41, 5.74) is 2.96. The van der Waals surface area contributed by atoms with Crippen LogP contribution in [-0.4, -0.2) is 31.7 Å². The molecule has 1 aromatic carbocycles. The van der Waals surface area contributed by atoms with E-state index in [2.05, 4.69) is 25.4 Å². The Hall–Kier alpha value is -3.19. The second-order valence-corrected chi connectivity index (χ2v) is 8.24. The topological polar surface area (TPSA) is 92.4 Å². The minimum absolute atomic E-state index is 0.107. The lowest BCUT2D eigenvalue weighted by molar-refractivity contribution is -0.132. The van der Waals surface area contributed by atoms with Gasteiger partial charge in [-0.2, -0.15) is 0 Å². The minimum Gasteiger partial charge on any atom is -0.478 e. The molecule has 6 nitrogen and oxygen atoms in total. The Balaban J connectivity index is 2.23. The second-order valence-electron chi connectivity index (χ2n) is 7.27. The third-order valence-corrected chi connectivity index (χ3v) is 6.37. The molecule has 2 atom stereocenters. The van der Waals surface area contributed by atoms with Crippen LogP contribution in [0.25, 0.3) is 5.69 Å². The van der Waals surface area contributed by atoms with Crippen LogP contribution in [0.15, 0.2) is 60.5 Å². The summed E-state index contributed by atoms with van der Waals surface area (Å²) in [5.74, 6) is -1.99. The first kappa shape index (κ1) is 21.5. The maximum atomic E-state index is 11.9. The summed E-state index contributed by atoms with van der Waals surface area (Å²) in [7, 11) is 0. The number of hydrogen-bond acceptors (Lipinski definition) is 4. The quantitative estimate of drug-likeness (QED) is 0.472. The van der Waals surface area contributed by atoms with Gasteiger partial charge < -0.3 is 14.8 Å². The van der Waals surface area contributed by atoms with Crippen molar-refractivity contribution in [2.75, 3.05) is 0 Å². The molecule has 0 aliphatic heterocycles. The van der Waals surface area contributed by atoms with E-state index >= 15 is 0 Å². The average molecular weight is 425 g/mol. The van der Waals surface area contributed by atoms with Crippen molar-refractivity contribution in [2.45, 2.75) is 32.6 Å². The fourth-order valence-electron chi connectivity index (χ4n) is 3.69. The number of carboxylic acid groups (broad SMARTS) is 2. The third kappa shape index (κ3) is 4.21. The monoisotopic (exact) mass is 424 g/mol. The molecule has 0 bridgehead atoms. The highest BCUT2D eigenvalue weighted by atomic mass is 32.1. The van der Waals surface area contributed by atoms with Crippen LogP contribution in [0, 0.1) is 5.92 Å². The van der Waals surface area contributed by atoms with Gasteiger partial charge in [-0.15, -0.1) is 11.3 Å². The molecular formula is C23H24N2O4S. The molecule has 156 valence electrons. The normalized spacial score (nSPS) is 13.0. The highest BCUT2D eigenvalue weighted by Gasteiger charge is 2.29. The second kappa shape index (κ2) is 9.09. The molecule has 3 aromatic rings. The predicted molar refractivity (Wildman–Crippen MR) is 117 cm³/mol. The van der Waals surface area contributed by atoms with Crippen LogP contribution in [0.1, 0.15) is 52.5 Å². The molecule has 2 heterocycles. The number of nitrogens with zero attached hydrogens (tertiary/aromatic N) is 2. The van der Waals surface area contributed by atoms with Crippen molar-refractivity contribution < 1.29 is 19.8 Å². The molecule has 2 N–H and O–H groups in total. The number of rotatable bonds is 9. The number of carboxylic acids is 2. The lowest BCUT2D eigenvalue weighted by atomic mass is 9.78. The van der Waals surface area contributed by atoms with Gasteiger partial charge in [-0.3, -0.25) is 0 Å². The van der Waals surface area contributed by atoms with Crippen molar-refractivity contribution in [1.29, 1.82) is 0 Å². The van der Waals surface area contributed by atoms with E-state index in [4.69, 9.17) is 0 Å². The third-order valence-electron chi connectivity index (χ3n) is 5.38. The molecule has 0 aliphatic carbocycles. The predicted octanol–water partition coefficient (Wildman–Crippen LogP) is 4.99. The van der Waals surface area contributed by atoms with Gasteiger partial charge in [0.2, 0.25) is 0 Å². The van der Waals surface area contributed by atoms with E-state index in [1.165, 1.54) is 11.3 Å². The van der Waals surface area contributed by atoms with E-state index in [1.54, 1.807) is 24.7 Å². The molecule has 3 rings (SSSR count). The summed E-state index contributed by atoms with van der Waals surface area (Å²) >= 11 is 1.47. The van der Waals surface area contributed by atoms with Crippen molar-refractivity contribution >= 4 is 23.3 Å². The number of carbonyl (C=O) groups is 2. The van der Waals surface area contributed by atoms with Crippen LogP contribution < -0.4 is 0 Å². The summed E-state index contributed by atoms with van der Waals surface area (Å²) in [6.45, 7) is 7.86. The zero-order valence-corrected chi connectivity index (χ0v) is 17.7. The van der Waals surface area contributed by atoms with E-state index in [1.807, 2.05) is 28.3 Å². The maximum absolute atomic E-state index is 11.9. The fourth-order valence-corrected chi connectivity index (χ4v) is 4.81. The van der Waals surface area contributed by atoms with E-state index in [9.17, 15) is 19.8 Å². The van der Waals surface area contributed by atoms with Gasteiger partial charge in [-0.25, -0.2) is 14.6 Å². The molecule has 0 spiro atoms. The van der Waals surface area contributed by atoms with E-state index in [0.29, 0.717) is 0 Å².